The Labute approximate surface area is 147 Å². The van der Waals surface area contributed by atoms with Crippen molar-refractivity contribution in [3.8, 4) is 0 Å². The van der Waals surface area contributed by atoms with E-state index in [0.29, 0.717) is 26.2 Å². The highest BCUT2D eigenvalue weighted by Gasteiger charge is 2.33. The lowest BCUT2D eigenvalue weighted by Gasteiger charge is -2.35. The number of amides is 1. The minimum absolute atomic E-state index is 0.0718. The quantitative estimate of drug-likeness (QED) is 0.828. The van der Waals surface area contributed by atoms with Gasteiger partial charge in [0.1, 0.15) is 5.82 Å². The molecule has 0 aliphatic carbocycles. The predicted octanol–water partition coefficient (Wildman–Crippen LogP) is 0.750. The van der Waals surface area contributed by atoms with Gasteiger partial charge in [0.2, 0.25) is 5.91 Å². The van der Waals surface area contributed by atoms with Gasteiger partial charge < -0.3 is 10.1 Å². The van der Waals surface area contributed by atoms with E-state index < -0.39 is 15.8 Å². The molecule has 8 heteroatoms. The summed E-state index contributed by atoms with van der Waals surface area (Å²) in [5.74, 6) is -0.984. The lowest BCUT2D eigenvalue weighted by atomic mass is 10.0. The molecule has 2 saturated heterocycles. The Morgan fingerprint density at radius 2 is 1.96 bits per heavy atom. The molecule has 0 bridgehead atoms. The van der Waals surface area contributed by atoms with Gasteiger partial charge in [-0.3, -0.25) is 9.69 Å². The number of ether oxygens (including phenoxy) is 1. The van der Waals surface area contributed by atoms with Crippen LogP contribution in [0.25, 0.3) is 0 Å². The molecule has 0 unspecified atom stereocenters. The fourth-order valence-electron chi connectivity index (χ4n) is 3.38. The first-order valence-electron chi connectivity index (χ1n) is 8.50. The summed E-state index contributed by atoms with van der Waals surface area (Å²) in [6.45, 7) is 3.06. The first kappa shape index (κ1) is 18.3. The van der Waals surface area contributed by atoms with Crippen LogP contribution >= 0.6 is 0 Å². The third kappa shape index (κ3) is 4.77. The topological polar surface area (TPSA) is 75.7 Å². The molecule has 6 nitrogen and oxygen atoms in total. The van der Waals surface area contributed by atoms with Crippen molar-refractivity contribution in [2.75, 3.05) is 44.4 Å². The summed E-state index contributed by atoms with van der Waals surface area (Å²) in [4.78, 5) is 14.5. The maximum atomic E-state index is 13.2. The smallest absolute Gasteiger partial charge is 0.224 e. The zero-order valence-corrected chi connectivity index (χ0v) is 14.8. The lowest BCUT2D eigenvalue weighted by molar-refractivity contribution is -0.124. The Bertz CT molecular complexity index is 702. The molecule has 1 amide bonds. The fourth-order valence-corrected chi connectivity index (χ4v) is 5.12. The molecule has 0 aromatic heterocycles. The van der Waals surface area contributed by atoms with E-state index in [9.17, 15) is 17.6 Å². The van der Waals surface area contributed by atoms with Crippen molar-refractivity contribution in [1.82, 2.24) is 10.2 Å². The van der Waals surface area contributed by atoms with E-state index >= 15 is 0 Å². The van der Waals surface area contributed by atoms with Crippen LogP contribution < -0.4 is 5.32 Å². The second-order valence-electron chi connectivity index (χ2n) is 6.56. The molecular weight excluding hydrogens is 347 g/mol. The summed E-state index contributed by atoms with van der Waals surface area (Å²) in [6, 6.07) is 6.18. The van der Waals surface area contributed by atoms with Crippen molar-refractivity contribution < 1.29 is 22.3 Å². The largest absolute Gasteiger partial charge is 0.379 e. The molecule has 1 aromatic carbocycles. The number of hydrogen-bond acceptors (Lipinski definition) is 5. The summed E-state index contributed by atoms with van der Waals surface area (Å²) in [6.07, 6.45) is 0.382. The number of nitrogens with one attached hydrogen (secondary N) is 1. The standard InChI is InChI=1S/C17H23FN2O4S/c18-15-3-1-13(2-4-15)16(20-6-8-24-9-7-20)11-19-17(21)14-5-10-25(22,23)12-14/h1-4,14,16H,5-12H2,(H,19,21)/t14-,16-/m1/s1. The van der Waals surface area contributed by atoms with E-state index in [1.807, 2.05) is 0 Å². The number of rotatable bonds is 5. The second kappa shape index (κ2) is 7.80. The molecule has 138 valence electrons. The number of carbonyl (C=O) groups is 1. The molecule has 3 rings (SSSR count). The summed E-state index contributed by atoms with van der Waals surface area (Å²) < 4.78 is 41.7. The molecule has 1 aromatic rings. The summed E-state index contributed by atoms with van der Waals surface area (Å²) >= 11 is 0. The summed E-state index contributed by atoms with van der Waals surface area (Å²) in [5.41, 5.74) is 0.919. The number of morpholine rings is 1. The van der Waals surface area contributed by atoms with Crippen LogP contribution in [0.1, 0.15) is 18.0 Å². The zero-order valence-electron chi connectivity index (χ0n) is 14.0. The van der Waals surface area contributed by atoms with E-state index in [4.69, 9.17) is 4.74 Å². The number of sulfone groups is 1. The van der Waals surface area contributed by atoms with Gasteiger partial charge in [-0.25, -0.2) is 12.8 Å². The first-order valence-corrected chi connectivity index (χ1v) is 10.3. The van der Waals surface area contributed by atoms with E-state index in [0.717, 1.165) is 18.7 Å². The molecule has 25 heavy (non-hydrogen) atoms. The van der Waals surface area contributed by atoms with Gasteiger partial charge in [-0.2, -0.15) is 0 Å². The fraction of sp³-hybridized carbons (Fsp3) is 0.588. The highest BCUT2D eigenvalue weighted by atomic mass is 32.2. The van der Waals surface area contributed by atoms with Gasteiger partial charge in [-0.05, 0) is 24.1 Å². The maximum absolute atomic E-state index is 13.2. The van der Waals surface area contributed by atoms with Gasteiger partial charge in [0.05, 0.1) is 36.7 Å². The van der Waals surface area contributed by atoms with Crippen LogP contribution in [0.3, 0.4) is 0 Å². The van der Waals surface area contributed by atoms with Crippen LogP contribution in [0.2, 0.25) is 0 Å². The van der Waals surface area contributed by atoms with Crippen LogP contribution in [0.4, 0.5) is 4.39 Å². The average molecular weight is 370 g/mol. The molecule has 2 aliphatic heterocycles. The van der Waals surface area contributed by atoms with E-state index in [1.54, 1.807) is 12.1 Å². The van der Waals surface area contributed by atoms with Gasteiger partial charge in [0.15, 0.2) is 9.84 Å². The molecule has 0 saturated carbocycles. The lowest BCUT2D eigenvalue weighted by Crippen LogP contribution is -2.44. The first-order chi connectivity index (χ1) is 11.9. The zero-order chi connectivity index (χ0) is 17.9. The van der Waals surface area contributed by atoms with Crippen LogP contribution in [0.5, 0.6) is 0 Å². The van der Waals surface area contributed by atoms with Crippen LogP contribution in [-0.4, -0.2) is 63.6 Å². The second-order valence-corrected chi connectivity index (χ2v) is 8.79. The summed E-state index contributed by atoms with van der Waals surface area (Å²) in [7, 11) is -3.09. The van der Waals surface area contributed by atoms with Crippen molar-refractivity contribution >= 4 is 15.7 Å². The van der Waals surface area contributed by atoms with Gasteiger partial charge in [-0.1, -0.05) is 12.1 Å². The third-order valence-corrected chi connectivity index (χ3v) is 6.58. The van der Waals surface area contributed by atoms with Crippen LogP contribution in [0.15, 0.2) is 24.3 Å². The van der Waals surface area contributed by atoms with E-state index in [-0.39, 0.29) is 29.3 Å². The number of nitrogens with zero attached hydrogens (tertiary/aromatic N) is 1. The maximum Gasteiger partial charge on any atom is 0.224 e. The Kier molecular flexibility index (Phi) is 5.71. The molecule has 2 heterocycles. The van der Waals surface area contributed by atoms with Crippen LogP contribution in [0, 0.1) is 11.7 Å². The SMILES string of the molecule is O=C(NC[C@H](c1ccc(F)cc1)N1CCOCC1)[C@@H]1CCS(=O)(=O)C1. The van der Waals surface area contributed by atoms with Gasteiger partial charge in [0.25, 0.3) is 0 Å². The highest BCUT2D eigenvalue weighted by molar-refractivity contribution is 7.91. The number of carbonyl (C=O) groups excluding carboxylic acids is 1. The monoisotopic (exact) mass is 370 g/mol. The third-order valence-electron chi connectivity index (χ3n) is 4.81. The van der Waals surface area contributed by atoms with Gasteiger partial charge >= 0.3 is 0 Å². The van der Waals surface area contributed by atoms with Gasteiger partial charge in [0, 0.05) is 19.6 Å². The predicted molar refractivity (Wildman–Crippen MR) is 91.3 cm³/mol. The average Bonchev–Trinajstić information content (AvgIpc) is 2.97. The summed E-state index contributed by atoms with van der Waals surface area (Å²) in [5, 5.41) is 2.89. The minimum atomic E-state index is -3.09. The molecule has 1 N–H and O–H groups in total. The minimum Gasteiger partial charge on any atom is -0.379 e. The molecule has 2 aliphatic rings. The molecule has 2 fully saturated rings. The van der Waals surface area contributed by atoms with Crippen molar-refractivity contribution in [1.29, 1.82) is 0 Å². The van der Waals surface area contributed by atoms with Crippen molar-refractivity contribution in [3.63, 3.8) is 0 Å². The number of hydrogen-bond donors (Lipinski definition) is 1. The molecule has 2 atom stereocenters. The number of halogens is 1. The van der Waals surface area contributed by atoms with Crippen molar-refractivity contribution in [2.24, 2.45) is 5.92 Å². The highest BCUT2D eigenvalue weighted by Crippen LogP contribution is 2.23. The van der Waals surface area contributed by atoms with Gasteiger partial charge in [-0.15, -0.1) is 0 Å². The molecule has 0 spiro atoms. The number of benzene rings is 1. The normalized spacial score (nSPS) is 24.8. The Balaban J connectivity index is 1.67. The Morgan fingerprint density at radius 3 is 2.56 bits per heavy atom. The van der Waals surface area contributed by atoms with E-state index in [2.05, 4.69) is 10.2 Å². The molecular formula is C17H23FN2O4S. The van der Waals surface area contributed by atoms with Crippen LogP contribution in [-0.2, 0) is 19.4 Å². The Morgan fingerprint density at radius 1 is 1.28 bits per heavy atom. The molecule has 0 radical (unpaired) electrons. The van der Waals surface area contributed by atoms with Crippen molar-refractivity contribution in [2.45, 2.75) is 12.5 Å². The van der Waals surface area contributed by atoms with Crippen molar-refractivity contribution in [3.05, 3.63) is 35.6 Å². The van der Waals surface area contributed by atoms with E-state index in [1.165, 1.54) is 12.1 Å². The Hall–Kier alpha value is -1.51.